The number of aromatic nitrogens is 2. The minimum Gasteiger partial charge on any atom is -0.508 e. The van der Waals surface area contributed by atoms with Crippen molar-refractivity contribution in [3.63, 3.8) is 0 Å². The van der Waals surface area contributed by atoms with Crippen LogP contribution in [-0.2, 0) is 10.5 Å². The van der Waals surface area contributed by atoms with E-state index in [1.807, 2.05) is 18.2 Å². The largest absolute Gasteiger partial charge is 0.508 e. The first-order valence-corrected chi connectivity index (χ1v) is 9.97. The van der Waals surface area contributed by atoms with Gasteiger partial charge in [-0.2, -0.15) is 0 Å². The molecule has 0 aliphatic carbocycles. The van der Waals surface area contributed by atoms with E-state index in [1.165, 1.54) is 11.8 Å². The molecule has 0 bridgehead atoms. The highest BCUT2D eigenvalue weighted by molar-refractivity contribution is 7.98. The Kier molecular flexibility index (Phi) is 5.11. The quantitative estimate of drug-likeness (QED) is 0.445. The predicted octanol–water partition coefficient (Wildman–Crippen LogP) is 3.90. The van der Waals surface area contributed by atoms with Gasteiger partial charge in [0.2, 0.25) is 5.91 Å². The average molecular weight is 414 g/mol. The van der Waals surface area contributed by atoms with E-state index < -0.39 is 5.92 Å². The van der Waals surface area contributed by atoms with E-state index in [0.717, 1.165) is 5.56 Å². The van der Waals surface area contributed by atoms with Gasteiger partial charge in [0.25, 0.3) is 5.56 Å². The Bertz CT molecular complexity index is 1120. The summed E-state index contributed by atoms with van der Waals surface area (Å²) >= 11 is 7.51. The van der Waals surface area contributed by atoms with Crippen LogP contribution in [0.1, 0.15) is 29.0 Å². The zero-order chi connectivity index (χ0) is 19.7. The summed E-state index contributed by atoms with van der Waals surface area (Å²) in [6.45, 7) is 0. The number of hydrogen-bond acceptors (Lipinski definition) is 5. The smallest absolute Gasteiger partial charge is 0.257 e. The summed E-state index contributed by atoms with van der Waals surface area (Å²) in [6, 6.07) is 14.0. The number of halogens is 1. The fraction of sp³-hybridized carbons (Fsp3) is 0.150. The van der Waals surface area contributed by atoms with Crippen LogP contribution in [0.15, 0.2) is 58.5 Å². The zero-order valence-corrected chi connectivity index (χ0v) is 16.2. The molecule has 1 atom stereocenters. The fourth-order valence-corrected chi connectivity index (χ4v) is 4.35. The summed E-state index contributed by atoms with van der Waals surface area (Å²) in [5, 5.41) is 13.5. The molecule has 28 heavy (non-hydrogen) atoms. The topological polar surface area (TPSA) is 95.1 Å². The van der Waals surface area contributed by atoms with Gasteiger partial charge < -0.3 is 15.4 Å². The van der Waals surface area contributed by atoms with Gasteiger partial charge in [-0.15, -0.1) is 0 Å². The van der Waals surface area contributed by atoms with Crippen LogP contribution in [0.3, 0.4) is 0 Å². The Morgan fingerprint density at radius 2 is 2.00 bits per heavy atom. The van der Waals surface area contributed by atoms with Gasteiger partial charge in [0.05, 0.1) is 5.56 Å². The Balaban J connectivity index is 1.67. The summed E-state index contributed by atoms with van der Waals surface area (Å²) in [5.41, 5.74) is 1.71. The van der Waals surface area contributed by atoms with Crippen LogP contribution in [0, 0.1) is 0 Å². The molecule has 1 amide bonds. The van der Waals surface area contributed by atoms with Gasteiger partial charge in [0, 0.05) is 23.1 Å². The second-order valence-electron chi connectivity index (χ2n) is 6.41. The lowest BCUT2D eigenvalue weighted by Gasteiger charge is -2.24. The number of aromatic amines is 1. The molecule has 8 heteroatoms. The molecule has 1 aliphatic heterocycles. The molecule has 0 saturated heterocycles. The lowest BCUT2D eigenvalue weighted by atomic mass is 9.87. The van der Waals surface area contributed by atoms with Crippen LogP contribution >= 0.6 is 23.4 Å². The van der Waals surface area contributed by atoms with Gasteiger partial charge in [0.1, 0.15) is 11.6 Å². The van der Waals surface area contributed by atoms with Gasteiger partial charge in [-0.3, -0.25) is 9.59 Å². The molecule has 1 aromatic heterocycles. The first-order chi connectivity index (χ1) is 13.5. The van der Waals surface area contributed by atoms with Crippen LogP contribution < -0.4 is 10.9 Å². The minimum atomic E-state index is -0.463. The fourth-order valence-electron chi connectivity index (χ4n) is 3.21. The van der Waals surface area contributed by atoms with E-state index in [0.29, 0.717) is 27.1 Å². The number of amides is 1. The molecule has 0 fully saturated rings. The van der Waals surface area contributed by atoms with E-state index in [4.69, 9.17) is 11.6 Å². The molecule has 0 radical (unpaired) electrons. The maximum Gasteiger partial charge on any atom is 0.257 e. The van der Waals surface area contributed by atoms with E-state index >= 15 is 0 Å². The van der Waals surface area contributed by atoms with Crippen LogP contribution in [0.25, 0.3) is 0 Å². The molecular weight excluding hydrogens is 398 g/mol. The molecule has 0 saturated carbocycles. The summed E-state index contributed by atoms with van der Waals surface area (Å²) < 4.78 is 0. The second kappa shape index (κ2) is 7.69. The molecule has 3 N–H and O–H groups in total. The lowest BCUT2D eigenvalue weighted by Crippen LogP contribution is -2.31. The number of carbonyl (C=O) groups is 1. The van der Waals surface area contributed by atoms with Crippen LogP contribution in [-0.4, -0.2) is 21.0 Å². The summed E-state index contributed by atoms with van der Waals surface area (Å²) in [7, 11) is 0. The van der Waals surface area contributed by atoms with Crippen molar-refractivity contribution in [2.75, 3.05) is 5.32 Å². The molecule has 1 aliphatic rings. The Hall–Kier alpha value is -2.77. The number of fused-ring (bicyclic) bond motifs is 1. The van der Waals surface area contributed by atoms with Crippen molar-refractivity contribution in [1.82, 2.24) is 9.97 Å². The van der Waals surface area contributed by atoms with E-state index in [2.05, 4.69) is 15.3 Å². The van der Waals surface area contributed by atoms with E-state index in [9.17, 15) is 14.7 Å². The van der Waals surface area contributed by atoms with Crippen molar-refractivity contribution in [3.05, 3.63) is 80.6 Å². The van der Waals surface area contributed by atoms with Crippen molar-refractivity contribution in [2.45, 2.75) is 23.2 Å². The number of nitrogens with one attached hydrogen (secondary N) is 2. The van der Waals surface area contributed by atoms with Crippen molar-refractivity contribution in [2.24, 2.45) is 0 Å². The number of nitrogens with zero attached hydrogens (tertiary/aromatic N) is 1. The highest BCUT2D eigenvalue weighted by Gasteiger charge is 2.31. The van der Waals surface area contributed by atoms with Crippen molar-refractivity contribution in [1.29, 1.82) is 0 Å². The predicted molar refractivity (Wildman–Crippen MR) is 109 cm³/mol. The standard InChI is InChI=1S/C20H16ClN3O3S/c21-15-7-2-1-4-12(15)10-28-20-23-18-17(19(27)24-20)14(9-16(26)22-18)11-5-3-6-13(25)8-11/h1-8,14,25H,9-10H2,(H2,22,23,24,26,27)/t14-/m0/s1. The van der Waals surface area contributed by atoms with Gasteiger partial charge in [-0.1, -0.05) is 53.7 Å². The molecule has 2 aromatic carbocycles. The molecule has 0 spiro atoms. The maximum absolute atomic E-state index is 12.8. The van der Waals surface area contributed by atoms with E-state index in [-0.39, 0.29) is 29.5 Å². The number of aromatic hydroxyl groups is 1. The first-order valence-electron chi connectivity index (χ1n) is 8.60. The Morgan fingerprint density at radius 3 is 2.79 bits per heavy atom. The summed E-state index contributed by atoms with van der Waals surface area (Å²) in [5.74, 6) is 0.192. The number of phenols is 1. The third-order valence-electron chi connectivity index (χ3n) is 4.52. The second-order valence-corrected chi connectivity index (χ2v) is 7.78. The third kappa shape index (κ3) is 3.76. The van der Waals surface area contributed by atoms with Crippen LogP contribution in [0.4, 0.5) is 5.82 Å². The SMILES string of the molecule is O=C1C[C@@H](c2cccc(O)c2)c2c(nc(SCc3ccccc3Cl)[nH]c2=O)N1. The van der Waals surface area contributed by atoms with Gasteiger partial charge in [-0.05, 0) is 29.3 Å². The first kappa shape index (κ1) is 18.6. The van der Waals surface area contributed by atoms with Crippen molar-refractivity contribution < 1.29 is 9.90 Å². The Labute approximate surface area is 170 Å². The molecule has 4 rings (SSSR count). The molecule has 3 aromatic rings. The van der Waals surface area contributed by atoms with Crippen molar-refractivity contribution in [3.8, 4) is 5.75 Å². The van der Waals surface area contributed by atoms with Crippen molar-refractivity contribution >= 4 is 35.1 Å². The van der Waals surface area contributed by atoms with Gasteiger partial charge >= 0.3 is 0 Å². The van der Waals surface area contributed by atoms with Crippen LogP contribution in [0.2, 0.25) is 5.02 Å². The number of phenolic OH excluding ortho intramolecular Hbond substituents is 1. The zero-order valence-electron chi connectivity index (χ0n) is 14.6. The molecule has 142 valence electrons. The Morgan fingerprint density at radius 1 is 1.18 bits per heavy atom. The highest BCUT2D eigenvalue weighted by Crippen LogP contribution is 2.35. The van der Waals surface area contributed by atoms with Gasteiger partial charge in [0.15, 0.2) is 5.16 Å². The molecule has 2 heterocycles. The number of anilines is 1. The van der Waals surface area contributed by atoms with Crippen LogP contribution in [0.5, 0.6) is 5.75 Å². The highest BCUT2D eigenvalue weighted by atomic mass is 35.5. The monoisotopic (exact) mass is 413 g/mol. The number of H-pyrrole nitrogens is 1. The normalized spacial score (nSPS) is 15.8. The molecule has 0 unspecified atom stereocenters. The minimum absolute atomic E-state index is 0.0846. The third-order valence-corrected chi connectivity index (χ3v) is 5.82. The number of carbonyl (C=O) groups excluding carboxylic acids is 1. The lowest BCUT2D eigenvalue weighted by molar-refractivity contribution is -0.116. The molecular formula is C20H16ClN3O3S. The average Bonchev–Trinajstić information content (AvgIpc) is 2.66. The number of hydrogen-bond donors (Lipinski definition) is 3. The summed E-state index contributed by atoms with van der Waals surface area (Å²) in [4.78, 5) is 32.2. The van der Waals surface area contributed by atoms with E-state index in [1.54, 1.807) is 30.3 Å². The number of benzene rings is 2. The maximum atomic E-state index is 12.8. The summed E-state index contributed by atoms with van der Waals surface area (Å²) in [6.07, 6.45) is 0.118. The number of rotatable bonds is 4. The number of thioether (sulfide) groups is 1. The molecule has 6 nitrogen and oxygen atoms in total. The van der Waals surface area contributed by atoms with Gasteiger partial charge in [-0.25, -0.2) is 4.98 Å².